The molecule has 0 fully saturated rings. The molecule has 20 heavy (non-hydrogen) atoms. The average Bonchev–Trinajstić information content (AvgIpc) is 2.78. The van der Waals surface area contributed by atoms with Gasteiger partial charge in [0.25, 0.3) is 0 Å². The van der Waals surface area contributed by atoms with Gasteiger partial charge in [-0.3, -0.25) is 0 Å². The van der Waals surface area contributed by atoms with Gasteiger partial charge in [-0.15, -0.1) is 24.0 Å². The molecule has 0 aliphatic heterocycles. The third-order valence-electron chi connectivity index (χ3n) is 4.13. The van der Waals surface area contributed by atoms with Gasteiger partial charge in [-0.05, 0) is 23.0 Å². The lowest BCUT2D eigenvalue weighted by atomic mass is 9.71. The third-order valence-corrected chi connectivity index (χ3v) is 4.13. The molecule has 104 valence electrons. The second-order valence-electron chi connectivity index (χ2n) is 6.20. The Morgan fingerprint density at radius 1 is 0.700 bits per heavy atom. The van der Waals surface area contributed by atoms with Crippen LogP contribution in [0.2, 0.25) is 0 Å². The molecule has 0 nitrogen and oxygen atoms in total. The first kappa shape index (κ1) is 15.3. The van der Waals surface area contributed by atoms with E-state index in [1.807, 2.05) is 0 Å². The highest BCUT2D eigenvalue weighted by molar-refractivity contribution is 14.0. The highest BCUT2D eigenvalue weighted by Gasteiger charge is 2.40. The quantitative estimate of drug-likeness (QED) is 0.474. The molecule has 0 spiro atoms. The van der Waals surface area contributed by atoms with Crippen molar-refractivity contribution in [3.63, 3.8) is 0 Å². The molecule has 0 aromatic heterocycles. The molecular weight excluding hydrogens is 355 g/mol. The van der Waals surface area contributed by atoms with E-state index in [1.165, 1.54) is 11.1 Å². The van der Waals surface area contributed by atoms with Crippen LogP contribution < -0.4 is 0 Å². The zero-order chi connectivity index (χ0) is 13.3. The van der Waals surface area contributed by atoms with Crippen LogP contribution in [-0.4, -0.2) is 0 Å². The van der Waals surface area contributed by atoms with Crippen LogP contribution >= 0.6 is 24.0 Å². The Morgan fingerprint density at radius 3 is 1.50 bits per heavy atom. The fraction of sp³-hybridized carbons (Fsp3) is 0.263. The van der Waals surface area contributed by atoms with Gasteiger partial charge in [-0.1, -0.05) is 86.7 Å². The number of rotatable bonds is 2. The van der Waals surface area contributed by atoms with Crippen LogP contribution in [0, 0.1) is 5.41 Å². The van der Waals surface area contributed by atoms with Gasteiger partial charge in [-0.2, -0.15) is 0 Å². The predicted octanol–water partition coefficient (Wildman–Crippen LogP) is 5.58. The lowest BCUT2D eigenvalue weighted by Gasteiger charge is -2.32. The summed E-state index contributed by atoms with van der Waals surface area (Å²) in [7, 11) is 0. The van der Waals surface area contributed by atoms with E-state index in [9.17, 15) is 0 Å². The minimum absolute atomic E-state index is 0. The standard InChI is InChI=1S/C19H20.HI/c1-18(2)13-14-19(15-18,16-9-5-3-6-10-16)17-11-7-4-8-12-17;/h3-14H,15H2,1-2H3;1H. The van der Waals surface area contributed by atoms with Crippen LogP contribution in [0.3, 0.4) is 0 Å². The van der Waals surface area contributed by atoms with E-state index >= 15 is 0 Å². The minimum atomic E-state index is 0. The summed E-state index contributed by atoms with van der Waals surface area (Å²) in [4.78, 5) is 0. The summed E-state index contributed by atoms with van der Waals surface area (Å²) in [5, 5.41) is 0. The smallest absolute Gasteiger partial charge is 0.0390 e. The van der Waals surface area contributed by atoms with Crippen molar-refractivity contribution in [3.05, 3.63) is 83.9 Å². The van der Waals surface area contributed by atoms with Crippen LogP contribution in [0.4, 0.5) is 0 Å². The summed E-state index contributed by atoms with van der Waals surface area (Å²) >= 11 is 0. The van der Waals surface area contributed by atoms with Crippen molar-refractivity contribution in [2.24, 2.45) is 5.41 Å². The van der Waals surface area contributed by atoms with Crippen LogP contribution in [0.25, 0.3) is 0 Å². The third kappa shape index (κ3) is 2.69. The molecule has 1 aliphatic rings. The predicted molar refractivity (Wildman–Crippen MR) is 96.6 cm³/mol. The molecular formula is C19H21I. The first-order chi connectivity index (χ1) is 9.12. The molecule has 2 aromatic carbocycles. The Hall–Kier alpha value is -1.09. The van der Waals surface area contributed by atoms with Crippen LogP contribution in [0.15, 0.2) is 72.8 Å². The van der Waals surface area contributed by atoms with Gasteiger partial charge in [0.1, 0.15) is 0 Å². The molecule has 0 saturated carbocycles. The highest BCUT2D eigenvalue weighted by atomic mass is 127. The first-order valence-corrected chi connectivity index (χ1v) is 6.94. The molecule has 1 aliphatic carbocycles. The van der Waals surface area contributed by atoms with Crippen LogP contribution in [0.5, 0.6) is 0 Å². The molecule has 0 unspecified atom stereocenters. The molecule has 0 atom stereocenters. The van der Waals surface area contributed by atoms with Gasteiger partial charge in [0, 0.05) is 5.41 Å². The Kier molecular flexibility index (Phi) is 4.38. The van der Waals surface area contributed by atoms with E-state index in [-0.39, 0.29) is 34.8 Å². The molecule has 0 heterocycles. The summed E-state index contributed by atoms with van der Waals surface area (Å²) in [5.74, 6) is 0. The van der Waals surface area contributed by atoms with Gasteiger partial charge in [0.05, 0.1) is 0 Å². The van der Waals surface area contributed by atoms with Crippen molar-refractivity contribution in [3.8, 4) is 0 Å². The lowest BCUT2D eigenvalue weighted by molar-refractivity contribution is 0.402. The van der Waals surface area contributed by atoms with E-state index in [4.69, 9.17) is 0 Å². The minimum Gasteiger partial charge on any atom is -0.107 e. The van der Waals surface area contributed by atoms with Gasteiger partial charge >= 0.3 is 0 Å². The number of benzene rings is 2. The van der Waals surface area contributed by atoms with E-state index in [0.717, 1.165) is 6.42 Å². The summed E-state index contributed by atoms with van der Waals surface area (Å²) in [6.45, 7) is 4.63. The fourth-order valence-corrected chi connectivity index (χ4v) is 3.24. The Labute approximate surface area is 138 Å². The molecule has 0 amide bonds. The Bertz CT molecular complexity index is 542. The second-order valence-corrected chi connectivity index (χ2v) is 6.20. The fourth-order valence-electron chi connectivity index (χ4n) is 3.24. The van der Waals surface area contributed by atoms with E-state index < -0.39 is 0 Å². The summed E-state index contributed by atoms with van der Waals surface area (Å²) < 4.78 is 0. The summed E-state index contributed by atoms with van der Waals surface area (Å²) in [5.41, 5.74) is 3.07. The van der Waals surface area contributed by atoms with Crippen molar-refractivity contribution in [2.45, 2.75) is 25.7 Å². The van der Waals surface area contributed by atoms with Crippen molar-refractivity contribution in [2.75, 3.05) is 0 Å². The highest BCUT2D eigenvalue weighted by Crippen LogP contribution is 2.49. The maximum atomic E-state index is 2.40. The van der Waals surface area contributed by atoms with Crippen molar-refractivity contribution in [1.29, 1.82) is 0 Å². The van der Waals surface area contributed by atoms with Gasteiger partial charge in [-0.25, -0.2) is 0 Å². The Morgan fingerprint density at radius 2 is 1.15 bits per heavy atom. The largest absolute Gasteiger partial charge is 0.107 e. The Balaban J connectivity index is 0.00000147. The van der Waals surface area contributed by atoms with Gasteiger partial charge < -0.3 is 0 Å². The normalized spacial score (nSPS) is 18.5. The van der Waals surface area contributed by atoms with Crippen LogP contribution in [-0.2, 0) is 5.41 Å². The SMILES string of the molecule is CC1(C)C=CC(c2ccccc2)(c2ccccc2)C1.I. The number of halogens is 1. The topological polar surface area (TPSA) is 0 Å². The molecule has 0 bridgehead atoms. The van der Waals surface area contributed by atoms with Crippen molar-refractivity contribution < 1.29 is 0 Å². The number of hydrogen-bond donors (Lipinski definition) is 0. The zero-order valence-electron chi connectivity index (χ0n) is 12.0. The van der Waals surface area contributed by atoms with Gasteiger partial charge in [0.15, 0.2) is 0 Å². The first-order valence-electron chi connectivity index (χ1n) is 6.94. The second kappa shape index (κ2) is 5.72. The zero-order valence-corrected chi connectivity index (χ0v) is 14.4. The molecule has 0 radical (unpaired) electrons. The average molecular weight is 376 g/mol. The molecule has 3 rings (SSSR count). The molecule has 0 N–H and O–H groups in total. The molecule has 0 saturated heterocycles. The van der Waals surface area contributed by atoms with E-state index in [1.54, 1.807) is 0 Å². The van der Waals surface area contributed by atoms with E-state index in [0.29, 0.717) is 0 Å². The maximum Gasteiger partial charge on any atom is 0.0390 e. The monoisotopic (exact) mass is 376 g/mol. The lowest BCUT2D eigenvalue weighted by Crippen LogP contribution is -2.26. The van der Waals surface area contributed by atoms with Gasteiger partial charge in [0.2, 0.25) is 0 Å². The van der Waals surface area contributed by atoms with E-state index in [2.05, 4.69) is 86.7 Å². The maximum absolute atomic E-state index is 2.40. The summed E-state index contributed by atoms with van der Waals surface area (Å²) in [6, 6.07) is 21.7. The van der Waals surface area contributed by atoms with Crippen molar-refractivity contribution in [1.82, 2.24) is 0 Å². The number of allylic oxidation sites excluding steroid dienone is 2. The van der Waals surface area contributed by atoms with Crippen molar-refractivity contribution >= 4 is 24.0 Å². The number of hydrogen-bond acceptors (Lipinski definition) is 0. The molecule has 2 aromatic rings. The molecule has 1 heteroatoms. The summed E-state index contributed by atoms with van der Waals surface area (Å²) in [6.07, 6.45) is 5.90. The van der Waals surface area contributed by atoms with Crippen LogP contribution in [0.1, 0.15) is 31.4 Å².